The molecule has 0 bridgehead atoms. The summed E-state index contributed by atoms with van der Waals surface area (Å²) in [7, 11) is 0. The number of fused-ring (bicyclic) bond motifs is 1. The summed E-state index contributed by atoms with van der Waals surface area (Å²) in [5, 5.41) is 0. The molecule has 4 heterocycles. The van der Waals surface area contributed by atoms with Crippen molar-refractivity contribution in [2.45, 2.75) is 40.3 Å². The van der Waals surface area contributed by atoms with E-state index in [-0.39, 0.29) is 5.91 Å². The molecule has 2 aliphatic rings. The van der Waals surface area contributed by atoms with Crippen molar-refractivity contribution in [1.29, 1.82) is 0 Å². The van der Waals surface area contributed by atoms with Crippen LogP contribution in [0.4, 0.5) is 5.69 Å². The van der Waals surface area contributed by atoms with E-state index in [1.165, 1.54) is 27.9 Å². The van der Waals surface area contributed by atoms with Gasteiger partial charge in [0.2, 0.25) is 5.91 Å². The number of rotatable bonds is 4. The Labute approximate surface area is 183 Å². The van der Waals surface area contributed by atoms with Gasteiger partial charge in [0.05, 0.1) is 12.2 Å². The predicted molar refractivity (Wildman–Crippen MR) is 123 cm³/mol. The minimum absolute atomic E-state index is 0.253. The van der Waals surface area contributed by atoms with Crippen LogP contribution in [-0.4, -0.2) is 33.9 Å². The van der Waals surface area contributed by atoms with Crippen LogP contribution in [0, 0.1) is 26.7 Å². The quantitative estimate of drug-likeness (QED) is 0.636. The van der Waals surface area contributed by atoms with Crippen molar-refractivity contribution in [1.82, 2.24) is 14.9 Å². The van der Waals surface area contributed by atoms with E-state index < -0.39 is 0 Å². The summed E-state index contributed by atoms with van der Waals surface area (Å²) in [5.74, 6) is 0.678. The molecular formula is C26H28N4O. The maximum absolute atomic E-state index is 12.9. The van der Waals surface area contributed by atoms with Gasteiger partial charge in [0, 0.05) is 55.2 Å². The Bertz CT molecular complexity index is 1130. The van der Waals surface area contributed by atoms with E-state index in [9.17, 15) is 4.79 Å². The molecule has 2 aliphatic heterocycles. The van der Waals surface area contributed by atoms with E-state index in [0.29, 0.717) is 25.4 Å². The van der Waals surface area contributed by atoms with E-state index in [1.807, 2.05) is 31.0 Å². The Morgan fingerprint density at radius 1 is 0.968 bits per heavy atom. The van der Waals surface area contributed by atoms with Gasteiger partial charge in [-0.3, -0.25) is 14.8 Å². The highest BCUT2D eigenvalue weighted by atomic mass is 16.2. The van der Waals surface area contributed by atoms with Gasteiger partial charge in [-0.25, -0.2) is 0 Å². The fraction of sp³-hybridized carbons (Fsp3) is 0.346. The van der Waals surface area contributed by atoms with Crippen LogP contribution in [0.15, 0.2) is 48.7 Å². The average molecular weight is 413 g/mol. The lowest BCUT2D eigenvalue weighted by Crippen LogP contribution is -2.48. The van der Waals surface area contributed by atoms with Crippen LogP contribution < -0.4 is 4.90 Å². The third kappa shape index (κ3) is 3.92. The molecule has 0 N–H and O–H groups in total. The molecule has 5 heteroatoms. The lowest BCUT2D eigenvalue weighted by Gasteiger charge is -2.41. The van der Waals surface area contributed by atoms with Gasteiger partial charge in [0.15, 0.2) is 0 Å². The van der Waals surface area contributed by atoms with Gasteiger partial charge >= 0.3 is 0 Å². The van der Waals surface area contributed by atoms with E-state index in [1.54, 1.807) is 0 Å². The molecule has 1 amide bonds. The first-order valence-electron chi connectivity index (χ1n) is 11.0. The number of aromatic nitrogens is 2. The molecule has 31 heavy (non-hydrogen) atoms. The number of pyridine rings is 2. The van der Waals surface area contributed by atoms with Crippen molar-refractivity contribution < 1.29 is 4.79 Å². The molecule has 5 nitrogen and oxygen atoms in total. The third-order valence-electron chi connectivity index (χ3n) is 6.49. The van der Waals surface area contributed by atoms with Gasteiger partial charge in [0.25, 0.3) is 0 Å². The van der Waals surface area contributed by atoms with Gasteiger partial charge in [-0.05, 0) is 73.4 Å². The summed E-state index contributed by atoms with van der Waals surface area (Å²) < 4.78 is 0. The number of benzene rings is 1. The maximum Gasteiger partial charge on any atom is 0.223 e. The number of nitrogens with zero attached hydrogens (tertiary/aromatic N) is 4. The minimum atomic E-state index is 0.253. The van der Waals surface area contributed by atoms with Gasteiger partial charge in [-0.2, -0.15) is 0 Å². The summed E-state index contributed by atoms with van der Waals surface area (Å²) >= 11 is 0. The number of carbonyl (C=O) groups is 1. The molecule has 0 atom stereocenters. The Morgan fingerprint density at radius 3 is 2.48 bits per heavy atom. The predicted octanol–water partition coefficient (Wildman–Crippen LogP) is 4.44. The SMILES string of the molecule is Cc1cc(-c2ccc(N3CC(CC(=O)N4Cc5nc(C)cc(C)c5C4)C3)cc2)ccn1. The third-order valence-corrected chi connectivity index (χ3v) is 6.49. The van der Waals surface area contributed by atoms with Crippen molar-refractivity contribution >= 4 is 11.6 Å². The largest absolute Gasteiger partial charge is 0.371 e. The molecule has 5 rings (SSSR count). The van der Waals surface area contributed by atoms with E-state index >= 15 is 0 Å². The lowest BCUT2D eigenvalue weighted by atomic mass is 9.94. The van der Waals surface area contributed by atoms with Gasteiger partial charge in [0.1, 0.15) is 0 Å². The molecule has 158 valence electrons. The lowest BCUT2D eigenvalue weighted by molar-refractivity contribution is -0.133. The standard InChI is InChI=1S/C26H28N4O/c1-17-10-19(3)28-25-16-30(15-24(17)25)26(31)12-20-13-29(14-20)23-6-4-21(5-7-23)22-8-9-27-18(2)11-22/h4-11,20H,12-16H2,1-3H3. The number of aryl methyl sites for hydroxylation is 3. The Balaban J connectivity index is 1.15. The normalized spacial score (nSPS) is 15.7. The van der Waals surface area contributed by atoms with Gasteiger partial charge in [-0.15, -0.1) is 0 Å². The van der Waals surface area contributed by atoms with Crippen LogP contribution in [0.5, 0.6) is 0 Å². The van der Waals surface area contributed by atoms with Crippen molar-refractivity contribution in [3.8, 4) is 11.1 Å². The second-order valence-electron chi connectivity index (χ2n) is 8.96. The number of amides is 1. The van der Waals surface area contributed by atoms with E-state index in [4.69, 9.17) is 0 Å². The van der Waals surface area contributed by atoms with E-state index in [0.717, 1.165) is 30.2 Å². The van der Waals surface area contributed by atoms with Crippen LogP contribution in [0.1, 0.15) is 34.6 Å². The fourth-order valence-corrected chi connectivity index (χ4v) is 4.77. The molecule has 1 aromatic carbocycles. The molecule has 3 aromatic rings. The number of carbonyl (C=O) groups excluding carboxylic acids is 1. The van der Waals surface area contributed by atoms with Crippen molar-refractivity contribution in [2.75, 3.05) is 18.0 Å². The van der Waals surface area contributed by atoms with Crippen molar-refractivity contribution in [3.05, 3.63) is 76.9 Å². The summed E-state index contributed by atoms with van der Waals surface area (Å²) in [6.45, 7) is 9.40. The number of hydrogen-bond donors (Lipinski definition) is 0. The molecule has 0 aliphatic carbocycles. The topological polar surface area (TPSA) is 49.3 Å². The van der Waals surface area contributed by atoms with Crippen molar-refractivity contribution in [3.63, 3.8) is 0 Å². The zero-order valence-electron chi connectivity index (χ0n) is 18.4. The molecular weight excluding hydrogens is 384 g/mol. The minimum Gasteiger partial charge on any atom is -0.371 e. The number of hydrogen-bond acceptors (Lipinski definition) is 4. The highest BCUT2D eigenvalue weighted by Gasteiger charge is 2.32. The first-order valence-corrected chi connectivity index (χ1v) is 11.0. The zero-order valence-corrected chi connectivity index (χ0v) is 18.4. The number of anilines is 1. The Morgan fingerprint density at radius 2 is 1.74 bits per heavy atom. The van der Waals surface area contributed by atoms with Crippen LogP contribution >= 0.6 is 0 Å². The molecule has 2 aromatic heterocycles. The molecule has 0 saturated carbocycles. The highest BCUT2D eigenvalue weighted by Crippen LogP contribution is 2.31. The van der Waals surface area contributed by atoms with Crippen LogP contribution in [-0.2, 0) is 17.9 Å². The van der Waals surface area contributed by atoms with Crippen LogP contribution in [0.3, 0.4) is 0 Å². The van der Waals surface area contributed by atoms with Gasteiger partial charge in [-0.1, -0.05) is 12.1 Å². The maximum atomic E-state index is 12.9. The molecule has 0 radical (unpaired) electrons. The molecule has 0 unspecified atom stereocenters. The summed E-state index contributed by atoms with van der Waals surface area (Å²) in [6, 6.07) is 15.0. The average Bonchev–Trinajstić information content (AvgIpc) is 3.15. The molecule has 1 saturated heterocycles. The molecule has 1 fully saturated rings. The van der Waals surface area contributed by atoms with E-state index in [2.05, 4.69) is 58.2 Å². The highest BCUT2D eigenvalue weighted by molar-refractivity contribution is 5.78. The van der Waals surface area contributed by atoms with Crippen LogP contribution in [0.25, 0.3) is 11.1 Å². The summed E-state index contributed by atoms with van der Waals surface area (Å²) in [5.41, 5.74) is 9.24. The zero-order chi connectivity index (χ0) is 21.5. The van der Waals surface area contributed by atoms with Crippen LogP contribution in [0.2, 0.25) is 0 Å². The molecule has 0 spiro atoms. The first-order chi connectivity index (χ1) is 15.0. The Hall–Kier alpha value is -3.21. The fourth-order valence-electron chi connectivity index (χ4n) is 4.77. The monoisotopic (exact) mass is 412 g/mol. The Kier molecular flexibility index (Phi) is 4.97. The van der Waals surface area contributed by atoms with Gasteiger partial charge < -0.3 is 9.80 Å². The first kappa shape index (κ1) is 19.7. The second kappa shape index (κ2) is 7.80. The van der Waals surface area contributed by atoms with Crippen molar-refractivity contribution in [2.24, 2.45) is 5.92 Å². The smallest absolute Gasteiger partial charge is 0.223 e. The summed E-state index contributed by atoms with van der Waals surface area (Å²) in [6.07, 6.45) is 2.48. The second-order valence-corrected chi connectivity index (χ2v) is 8.96. The summed E-state index contributed by atoms with van der Waals surface area (Å²) in [4.78, 5) is 26.1.